The van der Waals surface area contributed by atoms with Crippen LogP contribution in [0.2, 0.25) is 0 Å². The van der Waals surface area contributed by atoms with Crippen molar-refractivity contribution in [1.82, 2.24) is 9.55 Å². The molecule has 0 bridgehead atoms. The summed E-state index contributed by atoms with van der Waals surface area (Å²) in [6.45, 7) is 4.51. The molecule has 2 saturated carbocycles. The van der Waals surface area contributed by atoms with Crippen LogP contribution in [0.5, 0.6) is 0 Å². The monoisotopic (exact) mass is 289 g/mol. The lowest BCUT2D eigenvalue weighted by molar-refractivity contribution is 0.265. The Morgan fingerprint density at radius 1 is 1.05 bits per heavy atom. The average molecular weight is 289 g/mol. The van der Waals surface area contributed by atoms with E-state index in [-0.39, 0.29) is 0 Å². The summed E-state index contributed by atoms with van der Waals surface area (Å²) in [6, 6.07) is 1.22. The standard InChI is InChI=1S/C18H31N3/c1-14-13-21(15(2)16-9-5-3-6-10-16)18(19-14)20-17-11-7-4-8-12-17/h13,15-17H,3-12H2,1-2H3,(H,19,20). The van der Waals surface area contributed by atoms with Crippen LogP contribution in [0, 0.1) is 12.8 Å². The Morgan fingerprint density at radius 3 is 2.33 bits per heavy atom. The lowest BCUT2D eigenvalue weighted by Crippen LogP contribution is -2.26. The minimum absolute atomic E-state index is 0.581. The first kappa shape index (κ1) is 14.9. The molecular formula is C18H31N3. The first-order valence-corrected chi connectivity index (χ1v) is 9.06. The number of aryl methyl sites for hydroxylation is 1. The van der Waals surface area contributed by atoms with Crippen molar-refractivity contribution in [2.24, 2.45) is 5.92 Å². The maximum Gasteiger partial charge on any atom is 0.203 e. The Kier molecular flexibility index (Phi) is 4.87. The molecule has 0 aromatic carbocycles. The molecule has 2 aliphatic carbocycles. The molecule has 1 heterocycles. The minimum Gasteiger partial charge on any atom is -0.353 e. The van der Waals surface area contributed by atoms with Gasteiger partial charge in [0, 0.05) is 18.3 Å². The number of rotatable bonds is 4. The van der Waals surface area contributed by atoms with Crippen LogP contribution in [0.1, 0.15) is 82.9 Å². The fourth-order valence-corrected chi connectivity index (χ4v) is 4.21. The molecule has 3 nitrogen and oxygen atoms in total. The highest BCUT2D eigenvalue weighted by atomic mass is 15.2. The van der Waals surface area contributed by atoms with E-state index in [0.29, 0.717) is 12.1 Å². The van der Waals surface area contributed by atoms with Crippen molar-refractivity contribution >= 4 is 5.95 Å². The lowest BCUT2D eigenvalue weighted by Gasteiger charge is -2.31. The van der Waals surface area contributed by atoms with Gasteiger partial charge in [0.1, 0.15) is 0 Å². The summed E-state index contributed by atoms with van der Waals surface area (Å²) in [4.78, 5) is 4.77. The Morgan fingerprint density at radius 2 is 1.67 bits per heavy atom. The lowest BCUT2D eigenvalue weighted by atomic mass is 9.84. The third kappa shape index (κ3) is 3.61. The van der Waals surface area contributed by atoms with Gasteiger partial charge in [-0.1, -0.05) is 38.5 Å². The summed E-state index contributed by atoms with van der Waals surface area (Å²) in [7, 11) is 0. The number of hydrogen-bond acceptors (Lipinski definition) is 2. The maximum atomic E-state index is 4.77. The molecular weight excluding hydrogens is 258 g/mol. The van der Waals surface area contributed by atoms with Gasteiger partial charge < -0.3 is 9.88 Å². The van der Waals surface area contributed by atoms with E-state index in [4.69, 9.17) is 4.98 Å². The minimum atomic E-state index is 0.581. The molecule has 0 amide bonds. The Bertz CT molecular complexity index is 439. The van der Waals surface area contributed by atoms with E-state index < -0.39 is 0 Å². The van der Waals surface area contributed by atoms with Crippen LogP contribution in [0.3, 0.4) is 0 Å². The van der Waals surface area contributed by atoms with E-state index in [9.17, 15) is 0 Å². The molecule has 118 valence electrons. The second-order valence-electron chi connectivity index (χ2n) is 7.23. The third-order valence-corrected chi connectivity index (χ3v) is 5.56. The molecule has 0 spiro atoms. The third-order valence-electron chi connectivity index (χ3n) is 5.56. The van der Waals surface area contributed by atoms with Gasteiger partial charge in [0.2, 0.25) is 5.95 Å². The van der Waals surface area contributed by atoms with Gasteiger partial charge in [-0.05, 0) is 45.4 Å². The van der Waals surface area contributed by atoms with Crippen molar-refractivity contribution < 1.29 is 0 Å². The van der Waals surface area contributed by atoms with Crippen LogP contribution < -0.4 is 5.32 Å². The predicted molar refractivity (Wildman–Crippen MR) is 88.7 cm³/mol. The molecule has 21 heavy (non-hydrogen) atoms. The summed E-state index contributed by atoms with van der Waals surface area (Å²) in [5, 5.41) is 3.74. The number of nitrogens with zero attached hydrogens (tertiary/aromatic N) is 2. The zero-order valence-corrected chi connectivity index (χ0v) is 13.8. The van der Waals surface area contributed by atoms with E-state index in [0.717, 1.165) is 17.6 Å². The number of imidazole rings is 1. The van der Waals surface area contributed by atoms with Crippen molar-refractivity contribution in [3.8, 4) is 0 Å². The number of aromatic nitrogens is 2. The molecule has 1 N–H and O–H groups in total. The zero-order valence-electron chi connectivity index (χ0n) is 13.8. The molecule has 0 radical (unpaired) electrons. The molecule has 1 aromatic heterocycles. The van der Waals surface area contributed by atoms with Gasteiger partial charge in [-0.15, -0.1) is 0 Å². The van der Waals surface area contributed by atoms with Gasteiger partial charge in [-0.3, -0.25) is 0 Å². The molecule has 0 saturated heterocycles. The topological polar surface area (TPSA) is 29.9 Å². The van der Waals surface area contributed by atoms with Gasteiger partial charge in [0.25, 0.3) is 0 Å². The summed E-state index contributed by atoms with van der Waals surface area (Å²) in [6.07, 6.45) is 16.1. The SMILES string of the molecule is Cc1cn(C(C)C2CCCCC2)c(NC2CCCCC2)n1. The van der Waals surface area contributed by atoms with E-state index >= 15 is 0 Å². The first-order valence-electron chi connectivity index (χ1n) is 9.06. The fraction of sp³-hybridized carbons (Fsp3) is 0.833. The van der Waals surface area contributed by atoms with Gasteiger partial charge in [-0.25, -0.2) is 4.98 Å². The van der Waals surface area contributed by atoms with Gasteiger partial charge in [0.05, 0.1) is 5.69 Å². The van der Waals surface area contributed by atoms with Crippen molar-refractivity contribution in [2.45, 2.75) is 90.1 Å². The Hall–Kier alpha value is -0.990. The highest BCUT2D eigenvalue weighted by molar-refractivity contribution is 5.31. The first-order chi connectivity index (χ1) is 10.2. The van der Waals surface area contributed by atoms with E-state index in [2.05, 4.69) is 29.9 Å². The van der Waals surface area contributed by atoms with Crippen molar-refractivity contribution in [1.29, 1.82) is 0 Å². The quantitative estimate of drug-likeness (QED) is 0.838. The highest BCUT2D eigenvalue weighted by Crippen LogP contribution is 2.34. The van der Waals surface area contributed by atoms with Crippen LogP contribution in [0.25, 0.3) is 0 Å². The van der Waals surface area contributed by atoms with Crippen molar-refractivity contribution in [2.75, 3.05) is 5.32 Å². The van der Waals surface area contributed by atoms with Gasteiger partial charge in [0.15, 0.2) is 0 Å². The Balaban J connectivity index is 1.71. The summed E-state index contributed by atoms with van der Waals surface area (Å²) in [5.41, 5.74) is 1.15. The average Bonchev–Trinajstić information content (AvgIpc) is 2.89. The molecule has 3 heteroatoms. The van der Waals surface area contributed by atoms with Crippen molar-refractivity contribution in [3.05, 3.63) is 11.9 Å². The van der Waals surface area contributed by atoms with E-state index in [1.807, 2.05) is 0 Å². The van der Waals surface area contributed by atoms with Crippen LogP contribution in [0.15, 0.2) is 6.20 Å². The molecule has 0 aliphatic heterocycles. The predicted octanol–water partition coefficient (Wildman–Crippen LogP) is 5.08. The van der Waals surface area contributed by atoms with Crippen LogP contribution in [-0.2, 0) is 0 Å². The molecule has 1 unspecified atom stereocenters. The summed E-state index contributed by atoms with van der Waals surface area (Å²) < 4.78 is 2.43. The van der Waals surface area contributed by atoms with Crippen LogP contribution in [-0.4, -0.2) is 15.6 Å². The van der Waals surface area contributed by atoms with E-state index in [1.165, 1.54) is 64.2 Å². The second-order valence-corrected chi connectivity index (χ2v) is 7.23. The molecule has 1 atom stereocenters. The van der Waals surface area contributed by atoms with Crippen LogP contribution >= 0.6 is 0 Å². The number of anilines is 1. The van der Waals surface area contributed by atoms with E-state index in [1.54, 1.807) is 0 Å². The molecule has 2 fully saturated rings. The maximum absolute atomic E-state index is 4.77. The molecule has 1 aromatic rings. The largest absolute Gasteiger partial charge is 0.353 e. The smallest absolute Gasteiger partial charge is 0.203 e. The van der Waals surface area contributed by atoms with Gasteiger partial charge in [-0.2, -0.15) is 0 Å². The highest BCUT2D eigenvalue weighted by Gasteiger charge is 2.24. The number of nitrogens with one attached hydrogen (secondary N) is 1. The zero-order chi connectivity index (χ0) is 14.7. The normalized spacial score (nSPS) is 23.1. The number of hydrogen-bond donors (Lipinski definition) is 1. The van der Waals surface area contributed by atoms with Crippen molar-refractivity contribution in [3.63, 3.8) is 0 Å². The second kappa shape index (κ2) is 6.85. The van der Waals surface area contributed by atoms with Crippen LogP contribution in [0.4, 0.5) is 5.95 Å². The summed E-state index contributed by atoms with van der Waals surface area (Å²) >= 11 is 0. The summed E-state index contributed by atoms with van der Waals surface area (Å²) in [5.74, 6) is 1.96. The molecule has 2 aliphatic rings. The Labute approximate surface area is 129 Å². The fourth-order valence-electron chi connectivity index (χ4n) is 4.21. The van der Waals surface area contributed by atoms with Gasteiger partial charge >= 0.3 is 0 Å². The molecule has 3 rings (SSSR count).